The van der Waals surface area contributed by atoms with Crippen LogP contribution in [0.1, 0.15) is 115 Å². The summed E-state index contributed by atoms with van der Waals surface area (Å²) >= 11 is 0. The van der Waals surface area contributed by atoms with Crippen LogP contribution < -0.4 is 50.4 Å². The zero-order valence-corrected chi connectivity index (χ0v) is 44.5. The summed E-state index contributed by atoms with van der Waals surface area (Å²) in [5.41, 5.74) is 36.6. The van der Waals surface area contributed by atoms with Gasteiger partial charge in [-0.15, -0.1) is 12.4 Å². The molecule has 412 valence electrons. The Kier molecular flexibility index (Phi) is 21.8. The van der Waals surface area contributed by atoms with Crippen LogP contribution in [0.5, 0.6) is 0 Å². The predicted molar refractivity (Wildman–Crippen MR) is 293 cm³/mol. The quantitative estimate of drug-likeness (QED) is 0.0164. The lowest BCUT2D eigenvalue weighted by Crippen LogP contribution is -2.58. The average molecular weight is 1080 g/mol. The zero-order chi connectivity index (χ0) is 55.0. The van der Waals surface area contributed by atoms with Gasteiger partial charge in [0.15, 0.2) is 34.0 Å². The number of carbonyl (C=O) groups is 6. The predicted octanol–water partition coefficient (Wildman–Crippen LogP) is 4.91. The fraction of sp³-hybridized carbons (Fsp3) is 0.400. The van der Waals surface area contributed by atoms with Crippen LogP contribution in [0.4, 0.5) is 17.1 Å². The standard InChI is InChI=1S/C55H70N12O9.ClH/c1-34-28-43(74-65-34)31-46(68)53(59,22-4-7-25-56)50(71)62-40-16-10-37(11-17-40)49(38-12-18-41(19-13-38)63-51(72)54(60,23-5-8-26-57)47(69)32-44-29-35(2)66-75-44)39-14-20-42(21-15-39)64-52(73)55(61,24-6-9-27-58)48(70)33-45-30-36(3)67-76-45;/h10-21,28-30,49H,4-9,22-27,31-33,56-61H2,1-3H3,(H,62,71)(H,63,72)(H,64,73);1H/t53-,54-,55-;/m0./s1. The Labute approximate surface area is 453 Å². The molecule has 0 aliphatic heterocycles. The molecule has 0 bridgehead atoms. The summed E-state index contributed by atoms with van der Waals surface area (Å²) in [6, 6.07) is 25.9. The molecule has 6 rings (SSSR count). The van der Waals surface area contributed by atoms with Crippen LogP contribution in [0.2, 0.25) is 0 Å². The summed E-state index contributed by atoms with van der Waals surface area (Å²) in [5.74, 6) is -3.34. The molecule has 21 nitrogen and oxygen atoms in total. The summed E-state index contributed by atoms with van der Waals surface area (Å²) in [4.78, 5) is 82.9. The van der Waals surface area contributed by atoms with Gasteiger partial charge in [-0.2, -0.15) is 0 Å². The lowest BCUT2D eigenvalue weighted by molar-refractivity contribution is -0.134. The minimum Gasteiger partial charge on any atom is -0.361 e. The van der Waals surface area contributed by atoms with Gasteiger partial charge in [-0.1, -0.05) is 51.9 Å². The van der Waals surface area contributed by atoms with E-state index in [4.69, 9.17) is 48.0 Å². The number of nitrogens with one attached hydrogen (secondary N) is 3. The van der Waals surface area contributed by atoms with E-state index in [0.717, 1.165) is 16.7 Å². The van der Waals surface area contributed by atoms with Crippen LogP contribution >= 0.6 is 12.4 Å². The second-order valence-electron chi connectivity index (χ2n) is 19.4. The van der Waals surface area contributed by atoms with Crippen molar-refractivity contribution in [2.24, 2.45) is 34.4 Å². The lowest BCUT2D eigenvalue weighted by Gasteiger charge is -2.27. The molecule has 0 spiro atoms. The number of hydrogen-bond acceptors (Lipinski definition) is 18. The average Bonchev–Trinajstić information content (AvgIpc) is 4.14. The molecule has 3 amide bonds. The molecule has 3 aromatic heterocycles. The van der Waals surface area contributed by atoms with Crippen molar-refractivity contribution in [3.8, 4) is 0 Å². The highest BCUT2D eigenvalue weighted by atomic mass is 35.5. The SMILES string of the molecule is Cc1cc(CC(=O)[C@@](N)(CCCCN)C(=O)Nc2ccc(C(c3ccc(NC(=O)[C@](N)(CCCCN)C(=O)Cc4cc(C)no4)cc3)c3ccc(NC(=O)[C@](N)(CCCCN)C(=O)Cc4cc(C)no4)cc3)cc2)on1.Cl. The summed E-state index contributed by atoms with van der Waals surface area (Å²) in [5, 5.41) is 20.1. The number of carbonyl (C=O) groups excluding carboxylic acids is 6. The topological polar surface area (TPSA) is 373 Å². The lowest BCUT2D eigenvalue weighted by atomic mass is 9.84. The molecular formula is C55H71ClN12O9. The second kappa shape index (κ2) is 27.7. The van der Waals surface area contributed by atoms with Gasteiger partial charge < -0.3 is 63.9 Å². The van der Waals surface area contributed by atoms with Gasteiger partial charge in [0.1, 0.15) is 17.3 Å². The maximum absolute atomic E-state index is 14.0. The van der Waals surface area contributed by atoms with Crippen LogP contribution in [-0.2, 0) is 48.0 Å². The molecular weight excluding hydrogens is 1010 g/mol. The number of aromatic nitrogens is 3. The van der Waals surface area contributed by atoms with Crippen LogP contribution in [0.15, 0.2) is 105 Å². The number of amides is 3. The molecule has 3 aromatic carbocycles. The third-order valence-corrected chi connectivity index (χ3v) is 13.3. The number of benzene rings is 3. The Morgan fingerprint density at radius 1 is 0.442 bits per heavy atom. The molecule has 0 fully saturated rings. The largest absolute Gasteiger partial charge is 0.361 e. The van der Waals surface area contributed by atoms with E-state index >= 15 is 0 Å². The van der Waals surface area contributed by atoms with Gasteiger partial charge >= 0.3 is 0 Å². The van der Waals surface area contributed by atoms with E-state index in [2.05, 4.69) is 31.4 Å². The molecule has 0 aliphatic carbocycles. The number of hydrogen-bond donors (Lipinski definition) is 9. The number of unbranched alkanes of at least 4 members (excludes halogenated alkanes) is 3. The molecule has 3 heterocycles. The first-order valence-electron chi connectivity index (χ1n) is 25.4. The molecule has 0 radical (unpaired) electrons. The number of rotatable bonds is 30. The van der Waals surface area contributed by atoms with Crippen molar-refractivity contribution in [3.05, 3.63) is 142 Å². The highest BCUT2D eigenvalue weighted by Crippen LogP contribution is 2.35. The van der Waals surface area contributed by atoms with Gasteiger partial charge in [0.2, 0.25) is 0 Å². The Hall–Kier alpha value is -7.24. The first kappa shape index (κ1) is 60.6. The third kappa shape index (κ3) is 15.7. The number of aryl methyl sites for hydroxylation is 3. The third-order valence-electron chi connectivity index (χ3n) is 13.3. The maximum Gasteiger partial charge on any atom is 0.252 e. The summed E-state index contributed by atoms with van der Waals surface area (Å²) in [7, 11) is 0. The van der Waals surface area contributed by atoms with Gasteiger partial charge in [0.25, 0.3) is 17.7 Å². The van der Waals surface area contributed by atoms with E-state index in [0.29, 0.717) is 92.3 Å². The van der Waals surface area contributed by atoms with E-state index in [-0.39, 0.29) is 68.2 Å². The fourth-order valence-corrected chi connectivity index (χ4v) is 8.81. The molecule has 6 aromatic rings. The second-order valence-corrected chi connectivity index (χ2v) is 19.4. The minimum atomic E-state index is -1.90. The smallest absolute Gasteiger partial charge is 0.252 e. The fourth-order valence-electron chi connectivity index (χ4n) is 8.81. The van der Waals surface area contributed by atoms with Crippen molar-refractivity contribution in [2.75, 3.05) is 35.6 Å². The zero-order valence-electron chi connectivity index (χ0n) is 43.7. The molecule has 0 saturated heterocycles. The van der Waals surface area contributed by atoms with Crippen molar-refractivity contribution in [1.29, 1.82) is 0 Å². The number of anilines is 3. The number of nitrogens with zero attached hydrogens (tertiary/aromatic N) is 3. The molecule has 0 saturated carbocycles. The Morgan fingerprint density at radius 3 is 0.896 bits per heavy atom. The van der Waals surface area contributed by atoms with Crippen LogP contribution in [0.25, 0.3) is 0 Å². The van der Waals surface area contributed by atoms with Crippen LogP contribution in [0, 0.1) is 20.8 Å². The molecule has 77 heavy (non-hydrogen) atoms. The molecule has 0 unspecified atom stereocenters. The summed E-state index contributed by atoms with van der Waals surface area (Å²) in [6.07, 6.45) is 2.41. The van der Waals surface area contributed by atoms with Crippen molar-refractivity contribution < 1.29 is 42.3 Å². The highest BCUT2D eigenvalue weighted by molar-refractivity contribution is 6.17. The van der Waals surface area contributed by atoms with Crippen molar-refractivity contribution >= 4 is 64.5 Å². The number of nitrogens with two attached hydrogens (primary N) is 6. The number of halogens is 1. The van der Waals surface area contributed by atoms with E-state index < -0.39 is 57.6 Å². The minimum absolute atomic E-state index is 0. The Morgan fingerprint density at radius 2 is 0.688 bits per heavy atom. The first-order valence-corrected chi connectivity index (χ1v) is 25.4. The Balaban J connectivity index is 0.0000109. The summed E-state index contributed by atoms with van der Waals surface area (Å²) < 4.78 is 15.8. The van der Waals surface area contributed by atoms with Gasteiger partial charge in [-0.25, -0.2) is 0 Å². The van der Waals surface area contributed by atoms with Gasteiger partial charge in [-0.05, 0) is 151 Å². The van der Waals surface area contributed by atoms with Gasteiger partial charge in [0.05, 0.1) is 36.3 Å². The summed E-state index contributed by atoms with van der Waals surface area (Å²) in [6.45, 7) is 6.24. The van der Waals surface area contributed by atoms with E-state index in [1.165, 1.54) is 0 Å². The molecule has 0 aliphatic rings. The monoisotopic (exact) mass is 1080 g/mol. The number of Topliss-reactive ketones (excluding diaryl/α,β-unsaturated/α-hetero) is 3. The van der Waals surface area contributed by atoms with Crippen molar-refractivity contribution in [1.82, 2.24) is 15.5 Å². The van der Waals surface area contributed by atoms with E-state index in [1.54, 1.807) is 75.4 Å². The van der Waals surface area contributed by atoms with E-state index in [1.807, 2.05) is 36.4 Å². The van der Waals surface area contributed by atoms with Crippen molar-refractivity contribution in [3.63, 3.8) is 0 Å². The molecule has 15 N–H and O–H groups in total. The van der Waals surface area contributed by atoms with E-state index in [9.17, 15) is 28.8 Å². The molecule has 3 atom stereocenters. The van der Waals surface area contributed by atoms with Gasteiger partial charge in [-0.3, -0.25) is 28.8 Å². The maximum atomic E-state index is 14.0. The van der Waals surface area contributed by atoms with Gasteiger partial charge in [0, 0.05) is 41.2 Å². The van der Waals surface area contributed by atoms with Crippen molar-refractivity contribution in [2.45, 2.75) is 120 Å². The normalized spacial score (nSPS) is 13.6. The number of ketones is 3. The highest BCUT2D eigenvalue weighted by Gasteiger charge is 2.44. The van der Waals surface area contributed by atoms with Crippen LogP contribution in [-0.4, -0.2) is 86.8 Å². The first-order chi connectivity index (χ1) is 36.3. The van der Waals surface area contributed by atoms with Crippen LogP contribution in [0.3, 0.4) is 0 Å². The Bertz CT molecular complexity index is 2630. The molecule has 22 heteroatoms.